The van der Waals surface area contributed by atoms with E-state index in [1.807, 2.05) is 19.1 Å². The summed E-state index contributed by atoms with van der Waals surface area (Å²) in [6.07, 6.45) is 8.11. The van der Waals surface area contributed by atoms with Crippen molar-refractivity contribution >= 4 is 5.91 Å². The van der Waals surface area contributed by atoms with Crippen molar-refractivity contribution in [3.8, 4) is 0 Å². The Morgan fingerprint density at radius 3 is 3.10 bits per heavy atom. The highest BCUT2D eigenvalue weighted by Crippen LogP contribution is 2.38. The predicted molar refractivity (Wildman–Crippen MR) is 78.4 cm³/mol. The van der Waals surface area contributed by atoms with Gasteiger partial charge in [0, 0.05) is 17.8 Å². The van der Waals surface area contributed by atoms with Crippen LogP contribution >= 0.6 is 0 Å². The zero-order chi connectivity index (χ0) is 14.0. The summed E-state index contributed by atoms with van der Waals surface area (Å²) in [4.78, 5) is 16.5. The second kappa shape index (κ2) is 5.52. The topological polar surface area (TPSA) is 54.0 Å². The number of piperidine rings is 1. The molecule has 0 bridgehead atoms. The fourth-order valence-corrected chi connectivity index (χ4v) is 3.40. The SMILES string of the molecule is Cc1cccnc1CC(=O)NC1CCNC2(CCC2)C1. The summed E-state index contributed by atoms with van der Waals surface area (Å²) in [6.45, 7) is 3.02. The molecule has 1 saturated heterocycles. The standard InChI is InChI=1S/C16H23N3O/c1-12-4-2-8-17-14(12)10-15(20)19-13-5-9-18-16(11-13)6-3-7-16/h2,4,8,13,18H,3,5-7,9-11H2,1H3,(H,19,20). The number of pyridine rings is 1. The van der Waals surface area contributed by atoms with Gasteiger partial charge in [-0.05, 0) is 57.2 Å². The van der Waals surface area contributed by atoms with Crippen molar-refractivity contribution in [2.45, 2.75) is 57.0 Å². The molecule has 20 heavy (non-hydrogen) atoms. The van der Waals surface area contributed by atoms with E-state index in [1.54, 1.807) is 6.20 Å². The van der Waals surface area contributed by atoms with Crippen LogP contribution in [0.2, 0.25) is 0 Å². The van der Waals surface area contributed by atoms with Gasteiger partial charge in [-0.2, -0.15) is 0 Å². The molecule has 1 amide bonds. The zero-order valence-electron chi connectivity index (χ0n) is 12.1. The molecule has 1 unspecified atom stereocenters. The van der Waals surface area contributed by atoms with E-state index in [1.165, 1.54) is 19.3 Å². The van der Waals surface area contributed by atoms with Crippen molar-refractivity contribution in [2.75, 3.05) is 6.54 Å². The summed E-state index contributed by atoms with van der Waals surface area (Å²) in [5.41, 5.74) is 2.30. The van der Waals surface area contributed by atoms with Crippen LogP contribution in [0.1, 0.15) is 43.4 Å². The van der Waals surface area contributed by atoms with E-state index in [9.17, 15) is 4.79 Å². The van der Waals surface area contributed by atoms with Gasteiger partial charge in [0.15, 0.2) is 0 Å². The van der Waals surface area contributed by atoms with Crippen LogP contribution in [0.5, 0.6) is 0 Å². The van der Waals surface area contributed by atoms with Crippen LogP contribution in [0.25, 0.3) is 0 Å². The molecule has 0 aromatic carbocycles. The van der Waals surface area contributed by atoms with Crippen molar-refractivity contribution in [3.05, 3.63) is 29.6 Å². The highest BCUT2D eigenvalue weighted by molar-refractivity contribution is 5.78. The van der Waals surface area contributed by atoms with Crippen LogP contribution in [0.15, 0.2) is 18.3 Å². The van der Waals surface area contributed by atoms with E-state index in [-0.39, 0.29) is 5.91 Å². The number of nitrogens with one attached hydrogen (secondary N) is 2. The average molecular weight is 273 g/mol. The first-order valence-corrected chi connectivity index (χ1v) is 7.62. The van der Waals surface area contributed by atoms with Crippen molar-refractivity contribution in [2.24, 2.45) is 0 Å². The van der Waals surface area contributed by atoms with E-state index >= 15 is 0 Å². The molecule has 2 fully saturated rings. The molecular weight excluding hydrogens is 250 g/mol. The molecule has 1 aliphatic carbocycles. The smallest absolute Gasteiger partial charge is 0.226 e. The van der Waals surface area contributed by atoms with Crippen LogP contribution < -0.4 is 10.6 Å². The van der Waals surface area contributed by atoms with E-state index in [0.717, 1.165) is 30.6 Å². The highest BCUT2D eigenvalue weighted by atomic mass is 16.1. The van der Waals surface area contributed by atoms with Crippen LogP contribution in [-0.2, 0) is 11.2 Å². The molecule has 2 heterocycles. The minimum atomic E-state index is 0.105. The van der Waals surface area contributed by atoms with E-state index in [2.05, 4.69) is 15.6 Å². The number of amides is 1. The van der Waals surface area contributed by atoms with Crippen molar-refractivity contribution in [1.82, 2.24) is 15.6 Å². The molecule has 0 radical (unpaired) electrons. The van der Waals surface area contributed by atoms with Gasteiger partial charge in [-0.1, -0.05) is 6.07 Å². The van der Waals surface area contributed by atoms with E-state index in [0.29, 0.717) is 18.0 Å². The second-order valence-electron chi connectivity index (χ2n) is 6.26. The normalized spacial score (nSPS) is 24.1. The summed E-state index contributed by atoms with van der Waals surface area (Å²) in [5.74, 6) is 0.105. The van der Waals surface area contributed by atoms with Gasteiger partial charge in [-0.25, -0.2) is 0 Å². The van der Waals surface area contributed by atoms with Crippen LogP contribution in [-0.4, -0.2) is 29.0 Å². The van der Waals surface area contributed by atoms with Crippen molar-refractivity contribution in [1.29, 1.82) is 0 Å². The summed E-state index contributed by atoms with van der Waals surface area (Å²) < 4.78 is 0. The minimum absolute atomic E-state index is 0.105. The number of hydrogen-bond acceptors (Lipinski definition) is 3. The molecule has 108 valence electrons. The molecule has 4 heteroatoms. The molecule has 1 aromatic rings. The summed E-state index contributed by atoms with van der Waals surface area (Å²) in [5, 5.41) is 6.83. The highest BCUT2D eigenvalue weighted by Gasteiger charge is 2.41. The fraction of sp³-hybridized carbons (Fsp3) is 0.625. The maximum atomic E-state index is 12.2. The Morgan fingerprint density at radius 2 is 2.40 bits per heavy atom. The predicted octanol–water partition coefficient (Wildman–Crippen LogP) is 1.72. The van der Waals surface area contributed by atoms with E-state index < -0.39 is 0 Å². The number of aryl methyl sites for hydroxylation is 1. The van der Waals surface area contributed by atoms with Gasteiger partial charge in [0.25, 0.3) is 0 Å². The van der Waals surface area contributed by atoms with Gasteiger partial charge in [0.2, 0.25) is 5.91 Å². The molecule has 4 nitrogen and oxygen atoms in total. The second-order valence-corrected chi connectivity index (χ2v) is 6.26. The van der Waals surface area contributed by atoms with Gasteiger partial charge < -0.3 is 10.6 Å². The molecule has 1 aliphatic heterocycles. The number of carbonyl (C=O) groups is 1. The van der Waals surface area contributed by atoms with Gasteiger partial charge in [0.1, 0.15) is 0 Å². The lowest BCUT2D eigenvalue weighted by Gasteiger charge is -2.48. The number of nitrogens with zero attached hydrogens (tertiary/aromatic N) is 1. The lowest BCUT2D eigenvalue weighted by molar-refractivity contribution is -0.121. The first-order chi connectivity index (χ1) is 9.67. The van der Waals surface area contributed by atoms with E-state index in [4.69, 9.17) is 0 Å². The Balaban J connectivity index is 1.55. The molecule has 1 spiro atoms. The van der Waals surface area contributed by atoms with Crippen molar-refractivity contribution in [3.63, 3.8) is 0 Å². The lowest BCUT2D eigenvalue weighted by atomic mass is 9.70. The number of hydrogen-bond donors (Lipinski definition) is 2. The Morgan fingerprint density at radius 1 is 1.55 bits per heavy atom. The molecule has 3 rings (SSSR count). The first kappa shape index (κ1) is 13.6. The third-order valence-electron chi connectivity index (χ3n) is 4.75. The summed E-state index contributed by atoms with van der Waals surface area (Å²) in [6, 6.07) is 4.24. The molecule has 1 saturated carbocycles. The average Bonchev–Trinajstić information content (AvgIpc) is 2.40. The number of rotatable bonds is 3. The minimum Gasteiger partial charge on any atom is -0.353 e. The Bertz CT molecular complexity index is 496. The molecule has 2 aliphatic rings. The Labute approximate surface area is 120 Å². The Hall–Kier alpha value is -1.42. The fourth-order valence-electron chi connectivity index (χ4n) is 3.40. The first-order valence-electron chi connectivity index (χ1n) is 7.62. The van der Waals surface area contributed by atoms with Crippen LogP contribution in [0.4, 0.5) is 0 Å². The van der Waals surface area contributed by atoms with Crippen molar-refractivity contribution < 1.29 is 4.79 Å². The van der Waals surface area contributed by atoms with Gasteiger partial charge in [-0.15, -0.1) is 0 Å². The molecule has 1 atom stereocenters. The number of aromatic nitrogens is 1. The summed E-state index contributed by atoms with van der Waals surface area (Å²) in [7, 11) is 0. The summed E-state index contributed by atoms with van der Waals surface area (Å²) >= 11 is 0. The maximum Gasteiger partial charge on any atom is 0.226 e. The van der Waals surface area contributed by atoms with Gasteiger partial charge in [-0.3, -0.25) is 9.78 Å². The largest absolute Gasteiger partial charge is 0.353 e. The van der Waals surface area contributed by atoms with Gasteiger partial charge in [0.05, 0.1) is 12.1 Å². The zero-order valence-corrected chi connectivity index (χ0v) is 12.1. The lowest BCUT2D eigenvalue weighted by Crippen LogP contribution is -2.59. The van der Waals surface area contributed by atoms with Crippen LogP contribution in [0.3, 0.4) is 0 Å². The number of carbonyl (C=O) groups excluding carboxylic acids is 1. The third-order valence-corrected chi connectivity index (χ3v) is 4.75. The maximum absolute atomic E-state index is 12.2. The monoisotopic (exact) mass is 273 g/mol. The van der Waals surface area contributed by atoms with Crippen LogP contribution in [0, 0.1) is 6.92 Å². The van der Waals surface area contributed by atoms with Gasteiger partial charge >= 0.3 is 0 Å². The molecule has 2 N–H and O–H groups in total. The molecule has 1 aromatic heterocycles. The third kappa shape index (κ3) is 2.85. The Kier molecular flexibility index (Phi) is 3.74. The molecular formula is C16H23N3O. The quantitative estimate of drug-likeness (QED) is 0.882.